The van der Waals surface area contributed by atoms with Gasteiger partial charge in [0, 0.05) is 35.4 Å². The first-order chi connectivity index (χ1) is 14.5. The van der Waals surface area contributed by atoms with Gasteiger partial charge in [-0.3, -0.25) is 0 Å². The Morgan fingerprint density at radius 3 is 2.32 bits per heavy atom. The van der Waals surface area contributed by atoms with E-state index in [1.54, 1.807) is 12.5 Å². The minimum absolute atomic E-state index is 0. The highest BCUT2D eigenvalue weighted by molar-refractivity contribution is 7.13. The van der Waals surface area contributed by atoms with Gasteiger partial charge in [0.2, 0.25) is 0 Å². The third kappa shape index (κ3) is 5.86. The van der Waals surface area contributed by atoms with Crippen molar-refractivity contribution in [1.82, 2.24) is 14.5 Å². The van der Waals surface area contributed by atoms with Gasteiger partial charge in [0.05, 0.1) is 24.2 Å². The molecule has 2 heterocycles. The number of nitrogens with zero attached hydrogens (tertiary/aromatic N) is 3. The van der Waals surface area contributed by atoms with E-state index >= 15 is 0 Å². The van der Waals surface area contributed by atoms with Gasteiger partial charge in [-0.2, -0.15) is 13.2 Å². The number of rotatable bonds is 7. The van der Waals surface area contributed by atoms with Crippen LogP contribution in [0.2, 0.25) is 0 Å². The number of halogens is 4. The summed E-state index contributed by atoms with van der Waals surface area (Å²) >= 11 is 1.40. The Kier molecular flexibility index (Phi) is 7.35. The maximum absolute atomic E-state index is 12.7. The Morgan fingerprint density at radius 2 is 1.68 bits per heavy atom. The maximum atomic E-state index is 12.7. The standard InChI is InChI=1S/C22H18F3N3OS.ClH/c23-22(24,25)18-6-2-17(3-7-18)21-27-20(14-30-21)16-4-8-19(9-5-16)29-13-1-11-28-12-10-26-15-28;/h2-10,12,14-15H,1,11,13H2;1H. The molecule has 162 valence electrons. The van der Waals surface area contributed by atoms with Gasteiger partial charge >= 0.3 is 6.18 Å². The number of benzene rings is 2. The SMILES string of the molecule is Cl.FC(F)(F)c1ccc(-c2nc(-c3ccc(OCCCn4ccnc4)cc3)cs2)cc1. The molecule has 0 radical (unpaired) electrons. The van der Waals surface area contributed by atoms with Gasteiger partial charge in [-0.1, -0.05) is 12.1 Å². The van der Waals surface area contributed by atoms with Crippen LogP contribution >= 0.6 is 23.7 Å². The van der Waals surface area contributed by atoms with E-state index < -0.39 is 11.7 Å². The lowest BCUT2D eigenvalue weighted by Gasteiger charge is -2.07. The molecule has 0 spiro atoms. The fourth-order valence-electron chi connectivity index (χ4n) is 2.92. The molecule has 0 atom stereocenters. The fourth-order valence-corrected chi connectivity index (χ4v) is 3.75. The third-order valence-electron chi connectivity index (χ3n) is 4.50. The van der Waals surface area contributed by atoms with Crippen molar-refractivity contribution in [1.29, 1.82) is 0 Å². The number of thiazole rings is 1. The Hall–Kier alpha value is -2.84. The number of hydrogen-bond acceptors (Lipinski definition) is 4. The summed E-state index contributed by atoms with van der Waals surface area (Å²) in [6.07, 6.45) is 1.99. The van der Waals surface area contributed by atoms with Crippen molar-refractivity contribution in [3.8, 4) is 27.6 Å². The first-order valence-electron chi connectivity index (χ1n) is 9.31. The topological polar surface area (TPSA) is 39.9 Å². The molecule has 0 aliphatic heterocycles. The predicted molar refractivity (Wildman–Crippen MR) is 118 cm³/mol. The molecule has 0 amide bonds. The highest BCUT2D eigenvalue weighted by atomic mass is 35.5. The van der Waals surface area contributed by atoms with E-state index in [-0.39, 0.29) is 12.4 Å². The number of alkyl halides is 3. The monoisotopic (exact) mass is 465 g/mol. The van der Waals surface area contributed by atoms with Crippen molar-refractivity contribution >= 4 is 23.7 Å². The zero-order valence-electron chi connectivity index (χ0n) is 16.2. The van der Waals surface area contributed by atoms with Crippen LogP contribution < -0.4 is 4.74 Å². The first-order valence-corrected chi connectivity index (χ1v) is 10.2. The molecular formula is C22H19ClF3N3OS. The summed E-state index contributed by atoms with van der Waals surface area (Å²) in [5, 5.41) is 2.58. The summed E-state index contributed by atoms with van der Waals surface area (Å²) in [5.74, 6) is 0.780. The van der Waals surface area contributed by atoms with Gasteiger partial charge in [0.25, 0.3) is 0 Å². The van der Waals surface area contributed by atoms with Gasteiger partial charge < -0.3 is 9.30 Å². The van der Waals surface area contributed by atoms with Crippen molar-refractivity contribution in [2.45, 2.75) is 19.1 Å². The lowest BCUT2D eigenvalue weighted by molar-refractivity contribution is -0.137. The summed E-state index contributed by atoms with van der Waals surface area (Å²) in [5.41, 5.74) is 1.71. The van der Waals surface area contributed by atoms with Gasteiger partial charge in [-0.05, 0) is 42.8 Å². The van der Waals surface area contributed by atoms with Gasteiger partial charge in [-0.25, -0.2) is 9.97 Å². The van der Waals surface area contributed by atoms with Crippen LogP contribution in [0.1, 0.15) is 12.0 Å². The van der Waals surface area contributed by atoms with E-state index in [4.69, 9.17) is 4.74 Å². The molecule has 4 aromatic rings. The molecule has 9 heteroatoms. The van der Waals surface area contributed by atoms with E-state index in [1.807, 2.05) is 40.4 Å². The van der Waals surface area contributed by atoms with E-state index in [9.17, 15) is 13.2 Å². The van der Waals surface area contributed by atoms with Gasteiger partial charge in [0.15, 0.2) is 0 Å². The first kappa shape index (κ1) is 22.8. The second-order valence-corrected chi connectivity index (χ2v) is 7.50. The highest BCUT2D eigenvalue weighted by Gasteiger charge is 2.30. The van der Waals surface area contributed by atoms with Crippen LogP contribution in [-0.4, -0.2) is 21.1 Å². The molecule has 4 nitrogen and oxygen atoms in total. The normalized spacial score (nSPS) is 11.2. The molecule has 0 fully saturated rings. The quantitative estimate of drug-likeness (QED) is 0.289. The average Bonchev–Trinajstić information content (AvgIpc) is 3.43. The summed E-state index contributed by atoms with van der Waals surface area (Å²) in [7, 11) is 0. The largest absolute Gasteiger partial charge is 0.494 e. The third-order valence-corrected chi connectivity index (χ3v) is 5.39. The zero-order valence-corrected chi connectivity index (χ0v) is 17.9. The number of imidazole rings is 1. The summed E-state index contributed by atoms with van der Waals surface area (Å²) in [6.45, 7) is 1.45. The Balaban J connectivity index is 0.00000272. The minimum Gasteiger partial charge on any atom is -0.494 e. The molecule has 0 bridgehead atoms. The second kappa shape index (κ2) is 9.98. The molecule has 4 rings (SSSR count). The van der Waals surface area contributed by atoms with Crippen LogP contribution in [0.15, 0.2) is 72.6 Å². The Labute approximate surface area is 187 Å². The molecule has 0 unspecified atom stereocenters. The smallest absolute Gasteiger partial charge is 0.416 e. The number of aryl methyl sites for hydroxylation is 1. The molecule has 31 heavy (non-hydrogen) atoms. The molecular weight excluding hydrogens is 447 g/mol. The van der Waals surface area contributed by atoms with Crippen molar-refractivity contribution in [3.63, 3.8) is 0 Å². The number of ether oxygens (including phenoxy) is 1. The van der Waals surface area contributed by atoms with E-state index in [0.29, 0.717) is 17.2 Å². The molecule has 0 N–H and O–H groups in total. The Bertz CT molecular complexity index is 1080. The van der Waals surface area contributed by atoms with Crippen LogP contribution in [-0.2, 0) is 12.7 Å². The molecule has 0 saturated carbocycles. The summed E-state index contributed by atoms with van der Waals surface area (Å²) in [4.78, 5) is 8.57. The predicted octanol–water partition coefficient (Wildman–Crippen LogP) is 6.58. The van der Waals surface area contributed by atoms with Gasteiger partial charge in [-0.15, -0.1) is 23.7 Å². The molecule has 0 aliphatic rings. The van der Waals surface area contributed by atoms with Crippen LogP contribution in [0.25, 0.3) is 21.8 Å². The number of hydrogen-bond donors (Lipinski definition) is 0. The van der Waals surface area contributed by atoms with Crippen molar-refractivity contribution < 1.29 is 17.9 Å². The second-order valence-electron chi connectivity index (χ2n) is 6.64. The molecule has 0 saturated heterocycles. The fraction of sp³-hybridized carbons (Fsp3) is 0.182. The lowest BCUT2D eigenvalue weighted by Crippen LogP contribution is -2.03. The zero-order chi connectivity index (χ0) is 21.0. The van der Waals surface area contributed by atoms with Crippen LogP contribution in [0.3, 0.4) is 0 Å². The maximum Gasteiger partial charge on any atom is 0.416 e. The summed E-state index contributed by atoms with van der Waals surface area (Å²) in [6, 6.07) is 12.7. The van der Waals surface area contributed by atoms with Crippen molar-refractivity contribution in [2.24, 2.45) is 0 Å². The van der Waals surface area contributed by atoms with Crippen LogP contribution in [0, 0.1) is 0 Å². The van der Waals surface area contributed by atoms with E-state index in [2.05, 4.69) is 9.97 Å². The highest BCUT2D eigenvalue weighted by Crippen LogP contribution is 2.33. The van der Waals surface area contributed by atoms with Gasteiger partial charge in [0.1, 0.15) is 10.8 Å². The summed E-state index contributed by atoms with van der Waals surface area (Å²) < 4.78 is 45.9. The average molecular weight is 466 g/mol. The lowest BCUT2D eigenvalue weighted by atomic mass is 10.1. The van der Waals surface area contributed by atoms with E-state index in [0.717, 1.165) is 42.1 Å². The number of aromatic nitrogens is 3. The molecule has 2 aromatic heterocycles. The van der Waals surface area contributed by atoms with Crippen molar-refractivity contribution in [2.75, 3.05) is 6.61 Å². The molecule has 2 aromatic carbocycles. The van der Waals surface area contributed by atoms with E-state index in [1.165, 1.54) is 23.5 Å². The van der Waals surface area contributed by atoms with Crippen LogP contribution in [0.4, 0.5) is 13.2 Å². The van der Waals surface area contributed by atoms with Crippen LogP contribution in [0.5, 0.6) is 5.75 Å². The minimum atomic E-state index is -4.34. The van der Waals surface area contributed by atoms with Crippen molar-refractivity contribution in [3.05, 3.63) is 78.2 Å². The Morgan fingerprint density at radius 1 is 0.968 bits per heavy atom. The molecule has 0 aliphatic carbocycles.